The van der Waals surface area contributed by atoms with Gasteiger partial charge in [0.15, 0.2) is 0 Å². The first-order valence-electron chi connectivity index (χ1n) is 10.9. The van der Waals surface area contributed by atoms with Crippen LogP contribution in [0.4, 0.5) is 0 Å². The van der Waals surface area contributed by atoms with Crippen molar-refractivity contribution in [1.29, 1.82) is 0 Å². The Labute approximate surface area is 173 Å². The van der Waals surface area contributed by atoms with Crippen LogP contribution in [0.25, 0.3) is 0 Å². The first-order chi connectivity index (χ1) is 14.1. The van der Waals surface area contributed by atoms with Gasteiger partial charge in [-0.25, -0.2) is 9.97 Å². The number of hydrogen-bond acceptors (Lipinski definition) is 4. The third-order valence-electron chi connectivity index (χ3n) is 7.85. The van der Waals surface area contributed by atoms with Crippen LogP contribution in [0.2, 0.25) is 0 Å². The number of amides is 1. The van der Waals surface area contributed by atoms with Gasteiger partial charge in [-0.15, -0.1) is 0 Å². The highest BCUT2D eigenvalue weighted by molar-refractivity contribution is 5.93. The quantitative estimate of drug-likeness (QED) is 0.804. The number of likely N-dealkylation sites (N-methyl/N-ethyl adjacent to an activating group) is 1. The fourth-order valence-corrected chi connectivity index (χ4v) is 6.54. The Balaban J connectivity index is 1.56. The van der Waals surface area contributed by atoms with Crippen molar-refractivity contribution in [1.82, 2.24) is 19.8 Å². The summed E-state index contributed by atoms with van der Waals surface area (Å²) in [4.78, 5) is 26.8. The van der Waals surface area contributed by atoms with E-state index in [1.807, 2.05) is 0 Å². The molecule has 29 heavy (non-hydrogen) atoms. The molecule has 5 heteroatoms. The average Bonchev–Trinajstić information content (AvgIpc) is 2.89. The highest BCUT2D eigenvalue weighted by atomic mass is 16.2. The van der Waals surface area contributed by atoms with Crippen LogP contribution in [-0.2, 0) is 6.42 Å². The fourth-order valence-electron chi connectivity index (χ4n) is 6.54. The minimum absolute atomic E-state index is 0.0835. The van der Waals surface area contributed by atoms with E-state index in [4.69, 9.17) is 0 Å². The van der Waals surface area contributed by atoms with Gasteiger partial charge in [-0.3, -0.25) is 9.69 Å². The van der Waals surface area contributed by atoms with Crippen LogP contribution in [0.5, 0.6) is 0 Å². The molecule has 0 unspecified atom stereocenters. The number of piperidine rings is 1. The van der Waals surface area contributed by atoms with Gasteiger partial charge < -0.3 is 4.90 Å². The van der Waals surface area contributed by atoms with Crippen molar-refractivity contribution >= 4 is 5.91 Å². The van der Waals surface area contributed by atoms with Crippen molar-refractivity contribution in [2.24, 2.45) is 5.41 Å². The summed E-state index contributed by atoms with van der Waals surface area (Å²) in [5.41, 5.74) is 2.03. The molecule has 5 atom stereocenters. The van der Waals surface area contributed by atoms with Crippen LogP contribution in [0.1, 0.15) is 55.1 Å². The first-order valence-corrected chi connectivity index (χ1v) is 10.9. The van der Waals surface area contributed by atoms with E-state index < -0.39 is 0 Å². The summed E-state index contributed by atoms with van der Waals surface area (Å²) in [5.74, 6) is 0.0835. The van der Waals surface area contributed by atoms with Gasteiger partial charge in [0.2, 0.25) is 0 Å². The number of benzene rings is 1. The zero-order chi connectivity index (χ0) is 20.0. The Kier molecular flexibility index (Phi) is 4.66. The predicted octanol–water partition coefficient (Wildman–Crippen LogP) is 3.57. The molecule has 3 fully saturated rings. The Morgan fingerprint density at radius 3 is 2.62 bits per heavy atom. The van der Waals surface area contributed by atoms with E-state index in [1.165, 1.54) is 31.2 Å². The SMILES string of the molecule is CN1[C@H](Cc2ccccc2)[C@@H]2C[C@@]3(C)[C@H](CCCC[C@@H]13)N2C(=O)c1ccncn1. The molecule has 1 aliphatic carbocycles. The molecule has 152 valence electrons. The number of fused-ring (bicyclic) bond motifs is 1. The second-order valence-electron chi connectivity index (χ2n) is 9.32. The summed E-state index contributed by atoms with van der Waals surface area (Å²) in [5, 5.41) is 0. The summed E-state index contributed by atoms with van der Waals surface area (Å²) in [6, 6.07) is 13.9. The van der Waals surface area contributed by atoms with Crippen LogP contribution in [-0.4, -0.2) is 56.9 Å². The maximum absolute atomic E-state index is 13.7. The molecule has 3 aliphatic rings. The largest absolute Gasteiger partial charge is 0.329 e. The second-order valence-corrected chi connectivity index (χ2v) is 9.32. The molecule has 0 radical (unpaired) electrons. The maximum atomic E-state index is 13.7. The van der Waals surface area contributed by atoms with Crippen LogP contribution in [0.15, 0.2) is 48.9 Å². The topological polar surface area (TPSA) is 49.3 Å². The van der Waals surface area contributed by atoms with Gasteiger partial charge in [0.25, 0.3) is 5.91 Å². The van der Waals surface area contributed by atoms with E-state index in [0.717, 1.165) is 19.3 Å². The summed E-state index contributed by atoms with van der Waals surface area (Å²) >= 11 is 0. The molecule has 1 saturated carbocycles. The summed E-state index contributed by atoms with van der Waals surface area (Å²) in [6.07, 6.45) is 10.0. The molecule has 1 aromatic heterocycles. The van der Waals surface area contributed by atoms with E-state index >= 15 is 0 Å². The third kappa shape index (κ3) is 2.98. The third-order valence-corrected chi connectivity index (χ3v) is 7.85. The lowest BCUT2D eigenvalue weighted by Gasteiger charge is -2.49. The van der Waals surface area contributed by atoms with Gasteiger partial charge in [0.1, 0.15) is 12.0 Å². The number of nitrogens with zero attached hydrogens (tertiary/aromatic N) is 4. The second kappa shape index (κ2) is 7.21. The molecule has 5 rings (SSSR count). The summed E-state index contributed by atoms with van der Waals surface area (Å²) in [6.45, 7) is 2.43. The molecule has 1 aromatic carbocycles. The van der Waals surface area contributed by atoms with Crippen LogP contribution < -0.4 is 0 Å². The first kappa shape index (κ1) is 18.7. The Morgan fingerprint density at radius 1 is 1.14 bits per heavy atom. The number of carbonyl (C=O) groups excluding carboxylic acids is 1. The van der Waals surface area contributed by atoms with Crippen LogP contribution in [0.3, 0.4) is 0 Å². The zero-order valence-electron chi connectivity index (χ0n) is 17.4. The average molecular weight is 391 g/mol. The summed E-state index contributed by atoms with van der Waals surface area (Å²) in [7, 11) is 2.30. The van der Waals surface area contributed by atoms with Gasteiger partial charge in [-0.2, -0.15) is 0 Å². The van der Waals surface area contributed by atoms with Crippen molar-refractivity contribution in [3.05, 3.63) is 60.2 Å². The lowest BCUT2D eigenvalue weighted by molar-refractivity contribution is 0.0155. The molecule has 1 amide bonds. The molecule has 2 aliphatic heterocycles. The number of aromatic nitrogens is 2. The van der Waals surface area contributed by atoms with Crippen LogP contribution >= 0.6 is 0 Å². The van der Waals surface area contributed by atoms with E-state index in [-0.39, 0.29) is 17.4 Å². The van der Waals surface area contributed by atoms with Crippen LogP contribution in [0, 0.1) is 5.41 Å². The molecule has 0 spiro atoms. The Morgan fingerprint density at radius 2 is 1.90 bits per heavy atom. The maximum Gasteiger partial charge on any atom is 0.273 e. The van der Waals surface area contributed by atoms with E-state index in [0.29, 0.717) is 23.8 Å². The molecule has 5 nitrogen and oxygen atoms in total. The highest BCUT2D eigenvalue weighted by Gasteiger charge is 2.62. The van der Waals surface area contributed by atoms with Crippen molar-refractivity contribution in [2.75, 3.05) is 7.05 Å². The predicted molar refractivity (Wildman–Crippen MR) is 112 cm³/mol. The van der Waals surface area contributed by atoms with Gasteiger partial charge in [0, 0.05) is 35.8 Å². The number of carbonyl (C=O) groups is 1. The lowest BCUT2D eigenvalue weighted by Crippen LogP contribution is -2.58. The van der Waals surface area contributed by atoms with Crippen molar-refractivity contribution in [2.45, 2.75) is 69.6 Å². The van der Waals surface area contributed by atoms with Crippen molar-refractivity contribution < 1.29 is 4.79 Å². The highest BCUT2D eigenvalue weighted by Crippen LogP contribution is 2.55. The molecule has 2 saturated heterocycles. The Bertz CT molecular complexity index is 873. The molecular weight excluding hydrogens is 360 g/mol. The molecule has 3 heterocycles. The van der Waals surface area contributed by atoms with E-state index in [9.17, 15) is 4.79 Å². The minimum atomic E-state index is 0.0835. The standard InChI is InChI=1S/C24H30N4O/c1-24-15-20-19(14-17-8-4-3-5-9-17)27(2)21(24)10-6-7-11-22(24)28(20)23(29)18-12-13-25-16-26-18/h3-5,8-9,12-13,16,19-22H,6-7,10-11,14-15H2,1-2H3/t19-,20+,21-,22+,24-/m1/s1. The molecule has 0 N–H and O–H groups in total. The molecule has 2 bridgehead atoms. The van der Waals surface area contributed by atoms with E-state index in [2.05, 4.69) is 64.1 Å². The van der Waals surface area contributed by atoms with Gasteiger partial charge in [-0.05, 0) is 44.4 Å². The lowest BCUT2D eigenvalue weighted by atomic mass is 9.69. The minimum Gasteiger partial charge on any atom is -0.329 e. The smallest absolute Gasteiger partial charge is 0.273 e. The molecular formula is C24H30N4O. The number of rotatable bonds is 3. The van der Waals surface area contributed by atoms with Gasteiger partial charge >= 0.3 is 0 Å². The zero-order valence-corrected chi connectivity index (χ0v) is 17.4. The monoisotopic (exact) mass is 390 g/mol. The van der Waals surface area contributed by atoms with Gasteiger partial charge in [0.05, 0.1) is 0 Å². The van der Waals surface area contributed by atoms with Crippen molar-refractivity contribution in [3.8, 4) is 0 Å². The number of hydrogen-bond donors (Lipinski definition) is 0. The van der Waals surface area contributed by atoms with Crippen molar-refractivity contribution in [3.63, 3.8) is 0 Å². The van der Waals surface area contributed by atoms with Gasteiger partial charge in [-0.1, -0.05) is 50.1 Å². The molecule has 2 aromatic rings. The fraction of sp³-hybridized carbons (Fsp3) is 0.542. The summed E-state index contributed by atoms with van der Waals surface area (Å²) < 4.78 is 0. The van der Waals surface area contributed by atoms with E-state index in [1.54, 1.807) is 12.3 Å². The normalized spacial score (nSPS) is 34.1. The Hall–Kier alpha value is -2.27. The number of likely N-dealkylation sites (tertiary alicyclic amines) is 2.